The third-order valence-electron chi connectivity index (χ3n) is 3.84. The highest BCUT2D eigenvalue weighted by Gasteiger charge is 2.12. The lowest BCUT2D eigenvalue weighted by atomic mass is 10.2. The molecule has 0 unspecified atom stereocenters. The molecule has 9 nitrogen and oxygen atoms in total. The second kappa shape index (κ2) is 9.57. The van der Waals surface area contributed by atoms with Crippen molar-refractivity contribution in [2.24, 2.45) is 5.16 Å². The number of halogens is 1. The van der Waals surface area contributed by atoms with Gasteiger partial charge < -0.3 is 25.9 Å². The Morgan fingerprint density at radius 2 is 2.03 bits per heavy atom. The van der Waals surface area contributed by atoms with Crippen LogP contribution in [-0.4, -0.2) is 29.3 Å². The minimum Gasteiger partial charge on any atom is -0.438 e. The Bertz CT molecular complexity index is 1090. The number of aromatic nitrogens is 2. The van der Waals surface area contributed by atoms with Gasteiger partial charge in [-0.3, -0.25) is 0 Å². The van der Waals surface area contributed by atoms with E-state index in [9.17, 15) is 4.79 Å². The normalized spacial score (nSPS) is 10.6. The molecule has 4 N–H and O–H groups in total. The van der Waals surface area contributed by atoms with Crippen LogP contribution in [0, 0.1) is 6.92 Å². The Morgan fingerprint density at radius 3 is 2.77 bits per heavy atom. The summed E-state index contributed by atoms with van der Waals surface area (Å²) in [4.78, 5) is 24.9. The van der Waals surface area contributed by atoms with E-state index in [1.807, 2.05) is 25.1 Å². The number of ether oxygens (including phenoxy) is 1. The Labute approximate surface area is 177 Å². The standard InChI is InChI=1S/C20H19ClN6O3/c1-12-4-3-5-13(8-12)26-20(28)27-17-7-6-14(9-16(17)21)30-19-15(10-25-29-2)18(22)23-11-24-19/h3-11H,1-2H3,(H2,22,23,24)(H2,26,27,28). The monoisotopic (exact) mass is 426 g/mol. The fraction of sp³-hybridized carbons (Fsp3) is 0.100. The maximum absolute atomic E-state index is 12.2. The Morgan fingerprint density at radius 1 is 1.20 bits per heavy atom. The van der Waals surface area contributed by atoms with Crippen molar-refractivity contribution in [1.29, 1.82) is 0 Å². The molecule has 0 spiro atoms. The molecule has 0 aliphatic carbocycles. The van der Waals surface area contributed by atoms with Gasteiger partial charge in [0.15, 0.2) is 0 Å². The molecule has 2 amide bonds. The van der Waals surface area contributed by atoms with Gasteiger partial charge in [-0.15, -0.1) is 0 Å². The third kappa shape index (κ3) is 5.36. The smallest absolute Gasteiger partial charge is 0.323 e. The number of urea groups is 1. The van der Waals surface area contributed by atoms with E-state index in [0.717, 1.165) is 5.56 Å². The molecular weight excluding hydrogens is 408 g/mol. The quantitative estimate of drug-likeness (QED) is 0.395. The van der Waals surface area contributed by atoms with Crippen LogP contribution in [0.2, 0.25) is 5.02 Å². The first-order valence-corrected chi connectivity index (χ1v) is 9.13. The lowest BCUT2D eigenvalue weighted by molar-refractivity contribution is 0.215. The Hall–Kier alpha value is -3.85. The van der Waals surface area contributed by atoms with Crippen molar-refractivity contribution in [1.82, 2.24) is 9.97 Å². The number of hydrogen-bond acceptors (Lipinski definition) is 7. The average molecular weight is 427 g/mol. The summed E-state index contributed by atoms with van der Waals surface area (Å²) >= 11 is 6.30. The summed E-state index contributed by atoms with van der Waals surface area (Å²) in [6, 6.07) is 11.8. The van der Waals surface area contributed by atoms with E-state index in [-0.39, 0.29) is 16.7 Å². The second-order valence-electron chi connectivity index (χ2n) is 6.09. The highest BCUT2D eigenvalue weighted by molar-refractivity contribution is 6.34. The minimum atomic E-state index is -0.419. The van der Waals surface area contributed by atoms with Crippen molar-refractivity contribution in [2.45, 2.75) is 6.92 Å². The van der Waals surface area contributed by atoms with Gasteiger partial charge in [0.1, 0.15) is 30.6 Å². The molecule has 0 saturated carbocycles. The number of hydrogen-bond donors (Lipinski definition) is 3. The molecule has 0 aliphatic rings. The number of nitrogen functional groups attached to an aromatic ring is 1. The molecule has 3 rings (SSSR count). The second-order valence-corrected chi connectivity index (χ2v) is 6.49. The van der Waals surface area contributed by atoms with Crippen molar-refractivity contribution in [3.63, 3.8) is 0 Å². The number of carbonyl (C=O) groups is 1. The van der Waals surface area contributed by atoms with Crippen molar-refractivity contribution in [3.8, 4) is 11.6 Å². The first kappa shape index (κ1) is 20.9. The summed E-state index contributed by atoms with van der Waals surface area (Å²) in [5.74, 6) is 0.741. The SMILES string of the molecule is CON=Cc1c(N)ncnc1Oc1ccc(NC(=O)Nc2cccc(C)c2)c(Cl)c1. The van der Waals surface area contributed by atoms with Crippen LogP contribution in [-0.2, 0) is 4.84 Å². The predicted molar refractivity (Wildman–Crippen MR) is 116 cm³/mol. The van der Waals surface area contributed by atoms with Gasteiger partial charge in [-0.2, -0.15) is 0 Å². The van der Waals surface area contributed by atoms with Gasteiger partial charge in [0, 0.05) is 11.8 Å². The number of rotatable bonds is 6. The largest absolute Gasteiger partial charge is 0.438 e. The summed E-state index contributed by atoms with van der Waals surface area (Å²) in [5.41, 5.74) is 8.32. The average Bonchev–Trinajstić information content (AvgIpc) is 2.70. The topological polar surface area (TPSA) is 124 Å². The zero-order valence-electron chi connectivity index (χ0n) is 16.2. The molecule has 0 saturated heterocycles. The number of carbonyl (C=O) groups excluding carboxylic acids is 1. The molecule has 2 aromatic carbocycles. The summed E-state index contributed by atoms with van der Waals surface area (Å²) in [6.07, 6.45) is 2.61. The van der Waals surface area contributed by atoms with Crippen LogP contribution >= 0.6 is 11.6 Å². The number of amides is 2. The van der Waals surface area contributed by atoms with Crippen LogP contribution < -0.4 is 21.1 Å². The molecule has 0 radical (unpaired) electrons. The molecule has 1 heterocycles. The molecule has 0 fully saturated rings. The van der Waals surface area contributed by atoms with E-state index in [4.69, 9.17) is 22.1 Å². The van der Waals surface area contributed by atoms with E-state index in [1.165, 1.54) is 19.7 Å². The molecule has 154 valence electrons. The van der Waals surface area contributed by atoms with Crippen LogP contribution in [0.15, 0.2) is 53.9 Å². The maximum Gasteiger partial charge on any atom is 0.323 e. The number of nitrogens with zero attached hydrogens (tertiary/aromatic N) is 3. The van der Waals surface area contributed by atoms with Crippen LogP contribution in [0.5, 0.6) is 11.6 Å². The fourth-order valence-electron chi connectivity index (χ4n) is 2.48. The zero-order valence-corrected chi connectivity index (χ0v) is 17.0. The molecule has 0 bridgehead atoms. The van der Waals surface area contributed by atoms with Crippen LogP contribution in [0.25, 0.3) is 0 Å². The number of nitrogens with one attached hydrogen (secondary N) is 2. The van der Waals surface area contributed by atoms with E-state index in [0.29, 0.717) is 22.7 Å². The molecule has 0 aliphatic heterocycles. The Kier molecular flexibility index (Phi) is 6.66. The predicted octanol–water partition coefficient (Wildman–Crippen LogP) is 4.44. The van der Waals surface area contributed by atoms with Gasteiger partial charge in [0.2, 0.25) is 5.88 Å². The van der Waals surface area contributed by atoms with E-state index in [2.05, 4.69) is 30.6 Å². The molecule has 3 aromatic rings. The van der Waals surface area contributed by atoms with Crippen molar-refractivity contribution in [3.05, 3.63) is 64.9 Å². The van der Waals surface area contributed by atoms with Gasteiger partial charge >= 0.3 is 6.03 Å². The van der Waals surface area contributed by atoms with Gasteiger partial charge in [0.05, 0.1) is 16.9 Å². The first-order valence-electron chi connectivity index (χ1n) is 8.75. The van der Waals surface area contributed by atoms with Gasteiger partial charge in [0.25, 0.3) is 0 Å². The summed E-state index contributed by atoms with van der Waals surface area (Å²) < 4.78 is 5.75. The molecule has 30 heavy (non-hydrogen) atoms. The highest BCUT2D eigenvalue weighted by atomic mass is 35.5. The van der Waals surface area contributed by atoms with Crippen LogP contribution in [0.4, 0.5) is 22.0 Å². The van der Waals surface area contributed by atoms with E-state index >= 15 is 0 Å². The van der Waals surface area contributed by atoms with Crippen LogP contribution in [0.3, 0.4) is 0 Å². The van der Waals surface area contributed by atoms with E-state index < -0.39 is 6.03 Å². The van der Waals surface area contributed by atoms with E-state index in [1.54, 1.807) is 24.3 Å². The first-order chi connectivity index (χ1) is 14.5. The summed E-state index contributed by atoms with van der Waals surface area (Å²) in [6.45, 7) is 1.94. The summed E-state index contributed by atoms with van der Waals surface area (Å²) in [7, 11) is 1.40. The third-order valence-corrected chi connectivity index (χ3v) is 4.16. The molecule has 1 aromatic heterocycles. The molecular formula is C20H19ClN6O3. The molecule has 10 heteroatoms. The minimum absolute atomic E-state index is 0.178. The molecule has 0 atom stereocenters. The lowest BCUT2D eigenvalue weighted by Crippen LogP contribution is -2.19. The van der Waals surface area contributed by atoms with Crippen molar-refractivity contribution >= 4 is 41.0 Å². The number of benzene rings is 2. The Balaban J connectivity index is 1.72. The number of nitrogens with two attached hydrogens (primary N) is 1. The number of oxime groups is 1. The van der Waals surface area contributed by atoms with Gasteiger partial charge in [-0.1, -0.05) is 28.9 Å². The van der Waals surface area contributed by atoms with Gasteiger partial charge in [-0.25, -0.2) is 14.8 Å². The summed E-state index contributed by atoms with van der Waals surface area (Å²) in [5, 5.41) is 9.39. The number of aryl methyl sites for hydroxylation is 1. The van der Waals surface area contributed by atoms with Crippen LogP contribution in [0.1, 0.15) is 11.1 Å². The highest BCUT2D eigenvalue weighted by Crippen LogP contribution is 2.31. The van der Waals surface area contributed by atoms with Gasteiger partial charge in [-0.05, 0) is 36.8 Å². The number of anilines is 3. The fourth-order valence-corrected chi connectivity index (χ4v) is 2.70. The van der Waals surface area contributed by atoms with Crippen molar-refractivity contribution < 1.29 is 14.4 Å². The lowest BCUT2D eigenvalue weighted by Gasteiger charge is -2.12. The van der Waals surface area contributed by atoms with Crippen molar-refractivity contribution in [2.75, 3.05) is 23.5 Å². The zero-order chi connectivity index (χ0) is 21.5. The maximum atomic E-state index is 12.2.